The maximum atomic E-state index is 12.0. The first-order valence-corrected chi connectivity index (χ1v) is 15.8. The molecule has 0 aliphatic heterocycles. The van der Waals surface area contributed by atoms with Gasteiger partial charge in [0.05, 0.1) is 18.3 Å². The second-order valence-electron chi connectivity index (χ2n) is 11.0. The number of ether oxygens (including phenoxy) is 2. The Morgan fingerprint density at radius 3 is 2.32 bits per heavy atom. The second kappa shape index (κ2) is 13.3. The lowest BCUT2D eigenvalue weighted by Gasteiger charge is -2.39. The molecule has 0 amide bonds. The molecule has 0 saturated heterocycles. The van der Waals surface area contributed by atoms with Crippen LogP contribution in [0.1, 0.15) is 84.6 Å². The number of aryl methyl sites for hydroxylation is 1. The van der Waals surface area contributed by atoms with Gasteiger partial charge < -0.3 is 13.9 Å². The Labute approximate surface area is 208 Å². The Hall–Kier alpha value is -1.85. The molecule has 2 rings (SSSR count). The molecule has 0 N–H and O–H groups in total. The number of esters is 1. The molecule has 4 nitrogen and oxygen atoms in total. The molecule has 0 aromatic heterocycles. The van der Waals surface area contributed by atoms with Gasteiger partial charge in [-0.25, -0.2) is 0 Å². The minimum absolute atomic E-state index is 0.0764. The Morgan fingerprint density at radius 2 is 1.76 bits per heavy atom. The summed E-state index contributed by atoms with van der Waals surface area (Å²) in [5, 5.41) is 0.0896. The lowest BCUT2D eigenvalue weighted by atomic mass is 9.93. The number of allylic oxidation sites excluding steroid dienone is 1. The van der Waals surface area contributed by atoms with Crippen molar-refractivity contribution in [3.05, 3.63) is 59.9 Å². The molecule has 1 aromatic carbocycles. The number of hydrogen-bond donors (Lipinski definition) is 0. The zero-order valence-electron chi connectivity index (χ0n) is 22.3. The second-order valence-corrected chi connectivity index (χ2v) is 15.7. The van der Waals surface area contributed by atoms with Crippen LogP contribution in [0.25, 0.3) is 0 Å². The van der Waals surface area contributed by atoms with Gasteiger partial charge in [0, 0.05) is 6.92 Å². The summed E-state index contributed by atoms with van der Waals surface area (Å²) in [7, 11) is -2.04. The van der Waals surface area contributed by atoms with Crippen molar-refractivity contribution in [3.63, 3.8) is 0 Å². The quantitative estimate of drug-likeness (QED) is 0.0984. The first kappa shape index (κ1) is 28.4. The first-order chi connectivity index (χ1) is 16.0. The molecule has 1 aliphatic carbocycles. The van der Waals surface area contributed by atoms with Crippen LogP contribution in [0.4, 0.5) is 0 Å². The molecule has 0 heterocycles. The highest BCUT2D eigenvalue weighted by Crippen LogP contribution is 2.40. The van der Waals surface area contributed by atoms with E-state index in [2.05, 4.69) is 64.7 Å². The number of hydrogen-bond acceptors (Lipinski definition) is 4. The summed E-state index contributed by atoms with van der Waals surface area (Å²) in [6, 6.07) is 10.4. The molecular weight excluding hydrogens is 440 g/mol. The molecule has 1 aliphatic rings. The average molecular weight is 487 g/mol. The fraction of sp³-hybridized carbons (Fsp3) is 0.621. The van der Waals surface area contributed by atoms with Crippen molar-refractivity contribution in [2.24, 2.45) is 0 Å². The summed E-state index contributed by atoms with van der Waals surface area (Å²) in [6.45, 7) is 16.7. The van der Waals surface area contributed by atoms with E-state index in [0.717, 1.165) is 31.4 Å². The van der Waals surface area contributed by atoms with Gasteiger partial charge in [0.1, 0.15) is 0 Å². The zero-order chi connectivity index (χ0) is 25.2. The third-order valence-electron chi connectivity index (χ3n) is 7.06. The van der Waals surface area contributed by atoms with Crippen molar-refractivity contribution in [1.29, 1.82) is 0 Å². The summed E-state index contributed by atoms with van der Waals surface area (Å²) in [5.41, 5.74) is 2.65. The molecule has 5 heteroatoms. The highest BCUT2D eigenvalue weighted by molar-refractivity contribution is 6.74. The maximum absolute atomic E-state index is 12.0. The third-order valence-corrected chi connectivity index (χ3v) is 11.4. The Bertz CT molecular complexity index is 799. The smallest absolute Gasteiger partial charge is 0.304 e. The molecule has 190 valence electrons. The van der Waals surface area contributed by atoms with E-state index in [0.29, 0.717) is 12.8 Å². The van der Waals surface area contributed by atoms with Crippen LogP contribution >= 0.6 is 0 Å². The van der Waals surface area contributed by atoms with Gasteiger partial charge >= 0.3 is 5.97 Å². The predicted octanol–water partition coefficient (Wildman–Crippen LogP) is 8.10. The molecule has 1 fully saturated rings. The lowest BCUT2D eigenvalue weighted by Crippen LogP contribution is -2.41. The van der Waals surface area contributed by atoms with Gasteiger partial charge in [-0.15, -0.1) is 6.58 Å². The molecule has 34 heavy (non-hydrogen) atoms. The standard InChI is InChI=1S/C29H46O4Si/c1-8-15-26(21-20-24-16-11-9-12-17-24)32-28(31-23(2)30)22-27(25-18-13-10-14-19-25)33-34(6,7)29(3,4)5/h8-9,11-12,16-17,26,28H,1,10,13-15,18-22H2,2-7H3/t26-,28?/m1/s1. The lowest BCUT2D eigenvalue weighted by molar-refractivity contribution is -0.188. The van der Waals surface area contributed by atoms with Gasteiger partial charge in [0.2, 0.25) is 14.6 Å². The van der Waals surface area contributed by atoms with E-state index in [4.69, 9.17) is 13.9 Å². The topological polar surface area (TPSA) is 44.8 Å². The molecule has 1 unspecified atom stereocenters. The maximum Gasteiger partial charge on any atom is 0.304 e. The highest BCUT2D eigenvalue weighted by atomic mass is 28.4. The van der Waals surface area contributed by atoms with Gasteiger partial charge in [-0.2, -0.15) is 0 Å². The number of rotatable bonds is 12. The van der Waals surface area contributed by atoms with Crippen molar-refractivity contribution in [2.45, 2.75) is 116 Å². The van der Waals surface area contributed by atoms with E-state index in [9.17, 15) is 4.79 Å². The number of carbonyl (C=O) groups excluding carboxylic acids is 1. The van der Waals surface area contributed by atoms with Crippen molar-refractivity contribution < 1.29 is 18.7 Å². The Kier molecular flexibility index (Phi) is 11.1. The van der Waals surface area contributed by atoms with Gasteiger partial charge in [-0.1, -0.05) is 63.6 Å². The van der Waals surface area contributed by atoms with E-state index in [1.54, 1.807) is 0 Å². The molecule has 1 saturated carbocycles. The minimum Gasteiger partial charge on any atom is -0.546 e. The monoisotopic (exact) mass is 486 g/mol. The van der Waals surface area contributed by atoms with Crippen molar-refractivity contribution in [2.75, 3.05) is 0 Å². The SMILES string of the molecule is C=CC[C@H](CCc1ccccc1)OC(CC(O[Si](C)(C)C(C)(C)C)=C1CCCCC1)OC(C)=O. The summed E-state index contributed by atoms with van der Waals surface area (Å²) >= 11 is 0. The van der Waals surface area contributed by atoms with E-state index in [1.807, 2.05) is 12.1 Å². The summed E-state index contributed by atoms with van der Waals surface area (Å²) in [5.74, 6) is 0.670. The van der Waals surface area contributed by atoms with Crippen LogP contribution in [0.5, 0.6) is 0 Å². The highest BCUT2D eigenvalue weighted by Gasteiger charge is 2.40. The van der Waals surface area contributed by atoms with Crippen LogP contribution < -0.4 is 0 Å². The van der Waals surface area contributed by atoms with Crippen LogP contribution in [0.2, 0.25) is 18.1 Å². The van der Waals surface area contributed by atoms with Crippen LogP contribution in [-0.4, -0.2) is 26.7 Å². The van der Waals surface area contributed by atoms with Crippen LogP contribution in [-0.2, 0) is 25.1 Å². The predicted molar refractivity (Wildman–Crippen MR) is 143 cm³/mol. The Morgan fingerprint density at radius 1 is 1.12 bits per heavy atom. The third kappa shape index (κ3) is 9.42. The largest absolute Gasteiger partial charge is 0.546 e. The van der Waals surface area contributed by atoms with Crippen LogP contribution in [0, 0.1) is 0 Å². The normalized spacial score (nSPS) is 16.5. The zero-order valence-corrected chi connectivity index (χ0v) is 23.3. The average Bonchev–Trinajstić information content (AvgIpc) is 2.77. The molecule has 0 spiro atoms. The van der Waals surface area contributed by atoms with E-state index in [-0.39, 0.29) is 17.1 Å². The van der Waals surface area contributed by atoms with E-state index in [1.165, 1.54) is 37.3 Å². The van der Waals surface area contributed by atoms with Gasteiger partial charge in [0.15, 0.2) is 0 Å². The van der Waals surface area contributed by atoms with Crippen LogP contribution in [0.15, 0.2) is 54.3 Å². The summed E-state index contributed by atoms with van der Waals surface area (Å²) < 4.78 is 19.0. The van der Waals surface area contributed by atoms with Crippen LogP contribution in [0.3, 0.4) is 0 Å². The molecule has 2 atom stereocenters. The van der Waals surface area contributed by atoms with Gasteiger partial charge in [-0.05, 0) is 74.2 Å². The van der Waals surface area contributed by atoms with Gasteiger partial charge in [-0.3, -0.25) is 4.79 Å². The summed E-state index contributed by atoms with van der Waals surface area (Å²) in [6.07, 6.45) is 9.82. The van der Waals surface area contributed by atoms with Crippen molar-refractivity contribution in [3.8, 4) is 0 Å². The fourth-order valence-corrected chi connectivity index (χ4v) is 5.19. The summed E-state index contributed by atoms with van der Waals surface area (Å²) in [4.78, 5) is 12.0. The number of benzene rings is 1. The van der Waals surface area contributed by atoms with Gasteiger partial charge in [0.25, 0.3) is 0 Å². The van der Waals surface area contributed by atoms with Crippen molar-refractivity contribution >= 4 is 14.3 Å². The first-order valence-electron chi connectivity index (χ1n) is 12.9. The van der Waals surface area contributed by atoms with Crippen molar-refractivity contribution in [1.82, 2.24) is 0 Å². The Balaban J connectivity index is 2.22. The molecule has 0 bridgehead atoms. The van der Waals surface area contributed by atoms with E-state index >= 15 is 0 Å². The minimum atomic E-state index is -2.04. The number of carbonyl (C=O) groups is 1. The van der Waals surface area contributed by atoms with E-state index < -0.39 is 14.6 Å². The fourth-order valence-electron chi connectivity index (χ4n) is 4.05. The molecule has 0 radical (unpaired) electrons. The molecule has 1 aromatic rings. The molecular formula is C29H46O4Si.